The first-order chi connectivity index (χ1) is 11.2. The first kappa shape index (κ1) is 18.4. The first-order valence-electron chi connectivity index (χ1n) is 7.98. The van der Waals surface area contributed by atoms with Crippen molar-refractivity contribution in [2.24, 2.45) is 11.7 Å². The Morgan fingerprint density at radius 2 is 1.96 bits per heavy atom. The summed E-state index contributed by atoms with van der Waals surface area (Å²) in [6, 6.07) is 7.09. The molecule has 1 saturated heterocycles. The normalized spacial score (nSPS) is 23.3. The second kappa shape index (κ2) is 7.33. The second-order valence-electron chi connectivity index (χ2n) is 6.51. The summed E-state index contributed by atoms with van der Waals surface area (Å²) in [7, 11) is -1.42. The van der Waals surface area contributed by atoms with Crippen molar-refractivity contribution in [3.05, 3.63) is 35.4 Å². The van der Waals surface area contributed by atoms with Gasteiger partial charge in [-0.1, -0.05) is 24.1 Å². The van der Waals surface area contributed by atoms with Crippen LogP contribution in [0.2, 0.25) is 6.32 Å². The maximum absolute atomic E-state index is 12.6. The van der Waals surface area contributed by atoms with Gasteiger partial charge in [-0.2, -0.15) is 0 Å². The van der Waals surface area contributed by atoms with Gasteiger partial charge in [0.15, 0.2) is 0 Å². The third kappa shape index (κ3) is 3.95. The molecule has 1 amide bonds. The van der Waals surface area contributed by atoms with Crippen molar-refractivity contribution in [2.45, 2.75) is 31.6 Å². The zero-order chi connectivity index (χ0) is 17.9. The fourth-order valence-electron chi connectivity index (χ4n) is 3.11. The molecule has 24 heavy (non-hydrogen) atoms. The van der Waals surface area contributed by atoms with Crippen LogP contribution < -0.4 is 5.73 Å². The van der Waals surface area contributed by atoms with E-state index in [0.717, 1.165) is 5.56 Å². The number of carboxylic acid groups (broad SMARTS) is 1. The van der Waals surface area contributed by atoms with E-state index < -0.39 is 24.5 Å². The lowest BCUT2D eigenvalue weighted by atomic mass is 9.78. The van der Waals surface area contributed by atoms with E-state index in [2.05, 4.69) is 0 Å². The molecule has 0 aliphatic carbocycles. The van der Waals surface area contributed by atoms with Crippen molar-refractivity contribution in [3.8, 4) is 0 Å². The smallest absolute Gasteiger partial charge is 0.451 e. The number of amides is 1. The Bertz CT molecular complexity index is 607. The highest BCUT2D eigenvalue weighted by atomic mass is 16.4. The topological polar surface area (TPSA) is 124 Å². The predicted octanol–water partition coefficient (Wildman–Crippen LogP) is 0.102. The van der Waals surface area contributed by atoms with Crippen LogP contribution in [0.15, 0.2) is 24.3 Å². The van der Waals surface area contributed by atoms with E-state index >= 15 is 0 Å². The van der Waals surface area contributed by atoms with E-state index in [-0.39, 0.29) is 25.3 Å². The molecule has 2 rings (SSSR count). The van der Waals surface area contributed by atoms with Crippen LogP contribution in [0.4, 0.5) is 0 Å². The highest BCUT2D eigenvalue weighted by Gasteiger charge is 2.50. The van der Waals surface area contributed by atoms with Crippen LogP contribution in [0.1, 0.15) is 28.8 Å². The molecular formula is C16H23BN2O5. The summed E-state index contributed by atoms with van der Waals surface area (Å²) in [6.07, 6.45) is 0.997. The van der Waals surface area contributed by atoms with Crippen LogP contribution >= 0.6 is 0 Å². The van der Waals surface area contributed by atoms with Gasteiger partial charge in [-0.05, 0) is 31.8 Å². The molecule has 130 valence electrons. The molecular weight excluding hydrogens is 311 g/mol. The molecule has 1 fully saturated rings. The average molecular weight is 334 g/mol. The maximum atomic E-state index is 12.6. The minimum atomic E-state index is -1.51. The molecule has 1 aromatic carbocycles. The number of likely N-dealkylation sites (tertiary alicyclic amines) is 1. The van der Waals surface area contributed by atoms with Crippen LogP contribution in [0.5, 0.6) is 0 Å². The van der Waals surface area contributed by atoms with Crippen molar-refractivity contribution < 1.29 is 24.7 Å². The summed E-state index contributed by atoms with van der Waals surface area (Å²) in [6.45, 7) is 2.11. The van der Waals surface area contributed by atoms with E-state index in [1.807, 2.05) is 19.1 Å². The molecule has 8 heteroatoms. The highest BCUT2D eigenvalue weighted by molar-refractivity contribution is 6.40. The van der Waals surface area contributed by atoms with Gasteiger partial charge < -0.3 is 25.8 Å². The van der Waals surface area contributed by atoms with Crippen molar-refractivity contribution in [3.63, 3.8) is 0 Å². The van der Waals surface area contributed by atoms with Gasteiger partial charge in [0.05, 0.1) is 6.54 Å². The first-order valence-corrected chi connectivity index (χ1v) is 7.98. The van der Waals surface area contributed by atoms with Crippen molar-refractivity contribution in [1.82, 2.24) is 4.90 Å². The molecule has 0 bridgehead atoms. The number of benzene rings is 1. The summed E-state index contributed by atoms with van der Waals surface area (Å²) in [5, 5.41) is 27.3. The van der Waals surface area contributed by atoms with Crippen molar-refractivity contribution >= 4 is 19.0 Å². The average Bonchev–Trinajstić information content (AvgIpc) is 2.86. The lowest BCUT2D eigenvalue weighted by molar-refractivity contribution is -0.144. The van der Waals surface area contributed by atoms with Gasteiger partial charge in [-0.3, -0.25) is 9.59 Å². The third-order valence-electron chi connectivity index (χ3n) is 4.62. The van der Waals surface area contributed by atoms with Crippen molar-refractivity contribution in [2.75, 3.05) is 13.1 Å². The molecule has 1 aromatic rings. The number of nitrogens with zero attached hydrogens (tertiary/aromatic N) is 1. The van der Waals surface area contributed by atoms with E-state index in [9.17, 15) is 14.7 Å². The number of carbonyl (C=O) groups excluding carboxylic acids is 1. The minimum absolute atomic E-state index is 0.0542. The zero-order valence-electron chi connectivity index (χ0n) is 13.7. The summed E-state index contributed by atoms with van der Waals surface area (Å²) in [5.74, 6) is -1.81. The predicted molar refractivity (Wildman–Crippen MR) is 89.4 cm³/mol. The summed E-state index contributed by atoms with van der Waals surface area (Å²) >= 11 is 0. The Balaban J connectivity index is 2.11. The van der Waals surface area contributed by atoms with E-state index in [0.29, 0.717) is 18.4 Å². The molecule has 2 atom stereocenters. The largest absolute Gasteiger partial charge is 0.480 e. The molecule has 1 aliphatic rings. The van der Waals surface area contributed by atoms with Crippen LogP contribution in [0.25, 0.3) is 0 Å². The molecule has 0 radical (unpaired) electrons. The van der Waals surface area contributed by atoms with Gasteiger partial charge >= 0.3 is 13.1 Å². The van der Waals surface area contributed by atoms with E-state index in [1.54, 1.807) is 12.1 Å². The van der Waals surface area contributed by atoms with Gasteiger partial charge in [0.25, 0.3) is 5.91 Å². The van der Waals surface area contributed by atoms with E-state index in [1.165, 1.54) is 4.90 Å². The van der Waals surface area contributed by atoms with Crippen LogP contribution in [0, 0.1) is 12.8 Å². The van der Waals surface area contributed by atoms with Crippen LogP contribution in [0.3, 0.4) is 0 Å². The highest BCUT2D eigenvalue weighted by Crippen LogP contribution is 2.31. The minimum Gasteiger partial charge on any atom is -0.480 e. The number of rotatable bonds is 6. The SMILES string of the molecule is Cc1ccc(C(=O)N2C[C@H](CCCB(O)O)[C@](N)(C(=O)O)C2)cc1. The number of nitrogens with two attached hydrogens (primary N) is 1. The molecule has 1 aliphatic heterocycles. The third-order valence-corrected chi connectivity index (χ3v) is 4.62. The molecule has 5 N–H and O–H groups in total. The van der Waals surface area contributed by atoms with Gasteiger partial charge in [0, 0.05) is 18.0 Å². The van der Waals surface area contributed by atoms with Gasteiger partial charge in [0.1, 0.15) is 5.54 Å². The lowest BCUT2D eigenvalue weighted by Gasteiger charge is -2.25. The second-order valence-corrected chi connectivity index (χ2v) is 6.51. The molecule has 0 unspecified atom stereocenters. The number of carboxylic acids is 1. The molecule has 0 spiro atoms. The number of hydrogen-bond donors (Lipinski definition) is 4. The Kier molecular flexibility index (Phi) is 5.64. The van der Waals surface area contributed by atoms with E-state index in [4.69, 9.17) is 15.8 Å². The number of carbonyl (C=O) groups is 2. The van der Waals surface area contributed by atoms with Crippen molar-refractivity contribution in [1.29, 1.82) is 0 Å². The fraction of sp³-hybridized carbons (Fsp3) is 0.500. The standard InChI is InChI=1S/C16H23BN2O5/c1-11-4-6-12(7-5-11)14(20)19-9-13(3-2-8-17(23)24)16(18,10-19)15(21)22/h4-7,13,23-24H,2-3,8-10,18H2,1H3,(H,21,22)/t13-,16-/m0/s1. The molecule has 0 saturated carbocycles. The molecule has 1 heterocycles. The zero-order valence-corrected chi connectivity index (χ0v) is 13.7. The summed E-state index contributed by atoms with van der Waals surface area (Å²) < 4.78 is 0. The summed E-state index contributed by atoms with van der Waals surface area (Å²) in [4.78, 5) is 25.7. The van der Waals surface area contributed by atoms with Crippen LogP contribution in [-0.4, -0.2) is 57.7 Å². The number of aryl methyl sites for hydroxylation is 1. The quantitative estimate of drug-likeness (QED) is 0.547. The Hall–Kier alpha value is -1.90. The van der Waals surface area contributed by atoms with Gasteiger partial charge in [0.2, 0.25) is 0 Å². The monoisotopic (exact) mass is 334 g/mol. The number of hydrogen-bond acceptors (Lipinski definition) is 5. The summed E-state index contributed by atoms with van der Waals surface area (Å²) in [5.41, 5.74) is 6.10. The Morgan fingerprint density at radius 3 is 2.50 bits per heavy atom. The van der Waals surface area contributed by atoms with Crippen LogP contribution in [-0.2, 0) is 4.79 Å². The van der Waals surface area contributed by atoms with Gasteiger partial charge in [-0.25, -0.2) is 0 Å². The lowest BCUT2D eigenvalue weighted by Crippen LogP contribution is -2.55. The molecule has 0 aromatic heterocycles. The molecule has 7 nitrogen and oxygen atoms in total. The Labute approximate surface area is 141 Å². The number of aliphatic carboxylic acids is 1. The Morgan fingerprint density at radius 1 is 1.33 bits per heavy atom. The maximum Gasteiger partial charge on any atom is 0.451 e. The fourth-order valence-corrected chi connectivity index (χ4v) is 3.11. The van der Waals surface area contributed by atoms with Gasteiger partial charge in [-0.15, -0.1) is 0 Å².